The molecule has 0 radical (unpaired) electrons. The molecule has 32 heavy (non-hydrogen) atoms. The van der Waals surface area contributed by atoms with E-state index in [1.165, 1.54) is 28.6 Å². The van der Waals surface area contributed by atoms with Gasteiger partial charge in [0.15, 0.2) is 5.37 Å². The number of nitrogens with zero attached hydrogens (tertiary/aromatic N) is 2. The minimum absolute atomic E-state index is 0.120. The second-order valence-corrected chi connectivity index (χ2v) is 9.89. The molecule has 0 aliphatic rings. The third kappa shape index (κ3) is 9.36. The molecule has 0 aromatic rings. The van der Waals surface area contributed by atoms with Gasteiger partial charge in [-0.05, 0) is 24.7 Å². The topological polar surface area (TPSA) is 125 Å². The van der Waals surface area contributed by atoms with Crippen molar-refractivity contribution in [3.8, 4) is 0 Å². The first kappa shape index (κ1) is 30.2. The first-order valence-electron chi connectivity index (χ1n) is 11.3. The highest BCUT2D eigenvalue weighted by molar-refractivity contribution is 8.00. The van der Waals surface area contributed by atoms with Crippen molar-refractivity contribution in [2.75, 3.05) is 33.4 Å². The Morgan fingerprint density at radius 3 is 2.03 bits per heavy atom. The average Bonchev–Trinajstić information content (AvgIpc) is 2.74. The number of rotatable bonds is 14. The van der Waals surface area contributed by atoms with Gasteiger partial charge in [0.2, 0.25) is 17.7 Å². The highest BCUT2D eigenvalue weighted by atomic mass is 32.2. The van der Waals surface area contributed by atoms with E-state index < -0.39 is 17.5 Å². The third-order valence-corrected chi connectivity index (χ3v) is 6.42. The first-order valence-corrected chi connectivity index (χ1v) is 12.3. The number of nitrogens with two attached hydrogens (primary N) is 1. The minimum atomic E-state index is -0.774. The van der Waals surface area contributed by atoms with Crippen LogP contribution in [0.5, 0.6) is 0 Å². The number of thioether (sulfide) groups is 1. The fourth-order valence-electron chi connectivity index (χ4n) is 3.20. The summed E-state index contributed by atoms with van der Waals surface area (Å²) in [4.78, 5) is 54.2. The molecule has 10 heteroatoms. The van der Waals surface area contributed by atoms with E-state index in [9.17, 15) is 19.2 Å². The second-order valence-electron chi connectivity index (χ2n) is 8.71. The molecule has 0 saturated heterocycles. The summed E-state index contributed by atoms with van der Waals surface area (Å²) in [5.41, 5.74) is 5.64. The molecule has 0 bridgehead atoms. The summed E-state index contributed by atoms with van der Waals surface area (Å²) in [6, 6.07) is -1.48. The highest BCUT2D eigenvalue weighted by Crippen LogP contribution is 2.21. The lowest BCUT2D eigenvalue weighted by atomic mass is 9.99. The van der Waals surface area contributed by atoms with Crippen LogP contribution in [0.3, 0.4) is 0 Å². The Hall–Kier alpha value is -1.81. The summed E-state index contributed by atoms with van der Waals surface area (Å²) < 4.78 is 0. The molecule has 1 unspecified atom stereocenters. The molecule has 186 valence electrons. The van der Waals surface area contributed by atoms with Crippen LogP contribution in [0.15, 0.2) is 0 Å². The van der Waals surface area contributed by atoms with E-state index in [2.05, 4.69) is 10.6 Å². The van der Waals surface area contributed by atoms with Gasteiger partial charge >= 0.3 is 0 Å². The number of likely N-dealkylation sites (N-methyl/N-ethyl adjacent to an activating group) is 3. The Morgan fingerprint density at radius 1 is 1.00 bits per heavy atom. The molecule has 4 N–H and O–H groups in total. The predicted molar refractivity (Wildman–Crippen MR) is 130 cm³/mol. The molecule has 0 rings (SSSR count). The van der Waals surface area contributed by atoms with Crippen molar-refractivity contribution in [2.45, 2.75) is 71.3 Å². The van der Waals surface area contributed by atoms with Crippen molar-refractivity contribution in [2.24, 2.45) is 17.6 Å². The van der Waals surface area contributed by atoms with Crippen LogP contribution in [0.4, 0.5) is 0 Å². The van der Waals surface area contributed by atoms with Crippen LogP contribution >= 0.6 is 11.8 Å². The zero-order valence-electron chi connectivity index (χ0n) is 20.9. The van der Waals surface area contributed by atoms with Crippen LogP contribution in [0.25, 0.3) is 0 Å². The minimum Gasteiger partial charge on any atom is -0.357 e. The Labute approximate surface area is 197 Å². The number of carbonyl (C=O) groups is 4. The van der Waals surface area contributed by atoms with Crippen molar-refractivity contribution in [1.29, 1.82) is 0 Å². The maximum absolute atomic E-state index is 13.4. The van der Waals surface area contributed by atoms with Crippen LogP contribution in [0, 0.1) is 11.8 Å². The Morgan fingerprint density at radius 2 is 1.59 bits per heavy atom. The van der Waals surface area contributed by atoms with Gasteiger partial charge in [0.25, 0.3) is 5.91 Å². The quantitative estimate of drug-likeness (QED) is 0.324. The number of hydrogen-bond acceptors (Lipinski definition) is 6. The summed E-state index contributed by atoms with van der Waals surface area (Å²) in [6.45, 7) is 9.90. The van der Waals surface area contributed by atoms with Gasteiger partial charge < -0.3 is 26.2 Å². The van der Waals surface area contributed by atoms with Gasteiger partial charge in [0.05, 0.1) is 0 Å². The number of hydrogen-bond donors (Lipinski definition) is 3. The smallest absolute Gasteiger partial charge is 0.256 e. The van der Waals surface area contributed by atoms with Gasteiger partial charge in [-0.25, -0.2) is 0 Å². The molecule has 0 aliphatic carbocycles. The normalized spacial score (nSPS) is 14.0. The second kappa shape index (κ2) is 15.1. The number of amides is 4. The van der Waals surface area contributed by atoms with E-state index in [-0.39, 0.29) is 35.5 Å². The maximum atomic E-state index is 13.4. The average molecular weight is 474 g/mol. The Bertz CT molecular complexity index is 629. The van der Waals surface area contributed by atoms with Gasteiger partial charge in [0, 0.05) is 39.9 Å². The summed E-state index contributed by atoms with van der Waals surface area (Å²) >= 11 is 1.29. The van der Waals surface area contributed by atoms with Crippen LogP contribution in [-0.4, -0.2) is 84.3 Å². The molecule has 4 amide bonds. The molecule has 0 saturated carbocycles. The van der Waals surface area contributed by atoms with E-state index >= 15 is 0 Å². The molecule has 3 atom stereocenters. The summed E-state index contributed by atoms with van der Waals surface area (Å²) in [7, 11) is 4.71. The lowest BCUT2D eigenvalue weighted by Gasteiger charge is -2.35. The van der Waals surface area contributed by atoms with Crippen LogP contribution in [0.2, 0.25) is 0 Å². The lowest BCUT2D eigenvalue weighted by molar-refractivity contribution is -0.145. The zero-order chi connectivity index (χ0) is 25.0. The number of nitrogens with one attached hydrogen (secondary N) is 2. The summed E-state index contributed by atoms with van der Waals surface area (Å²) in [5.74, 6) is -0.626. The highest BCUT2D eigenvalue weighted by Gasteiger charge is 2.36. The monoisotopic (exact) mass is 473 g/mol. The van der Waals surface area contributed by atoms with Gasteiger partial charge in [-0.1, -0.05) is 34.6 Å². The van der Waals surface area contributed by atoms with Gasteiger partial charge in [-0.2, -0.15) is 0 Å². The largest absolute Gasteiger partial charge is 0.357 e. The molecule has 0 aromatic carbocycles. The van der Waals surface area contributed by atoms with E-state index in [4.69, 9.17) is 5.73 Å². The molecule has 9 nitrogen and oxygen atoms in total. The van der Waals surface area contributed by atoms with E-state index in [1.54, 1.807) is 14.1 Å². The zero-order valence-corrected chi connectivity index (χ0v) is 21.8. The molecule has 0 fully saturated rings. The van der Waals surface area contributed by atoms with Crippen LogP contribution in [0.1, 0.15) is 53.9 Å². The molecule has 0 aliphatic heterocycles. The Kier molecular flexibility index (Phi) is 14.2. The standard InChI is InChI=1S/C22H43N5O4S/c1-9-10-17(28)27(8)22(32-12-11-23)21(31)26(7)16(13-14(2)3)19(29)25-18(15(4)5)20(30)24-6/h14-16,18,22H,9-13,23H2,1-8H3,(H,24,30)(H,25,29)/t16-,18-,22?/m0/s1. The van der Waals surface area contributed by atoms with Crippen molar-refractivity contribution in [3.05, 3.63) is 0 Å². The molecule has 0 aromatic heterocycles. The molecular formula is C22H43N5O4S. The van der Waals surface area contributed by atoms with Crippen LogP contribution in [-0.2, 0) is 19.2 Å². The summed E-state index contributed by atoms with van der Waals surface area (Å²) in [5, 5.41) is 4.61. The first-order chi connectivity index (χ1) is 14.9. The fraction of sp³-hybridized carbons (Fsp3) is 0.818. The van der Waals surface area contributed by atoms with Crippen molar-refractivity contribution in [1.82, 2.24) is 20.4 Å². The Balaban J connectivity index is 5.83. The molecule has 0 heterocycles. The predicted octanol–water partition coefficient (Wildman–Crippen LogP) is 1.02. The van der Waals surface area contributed by atoms with E-state index in [0.717, 1.165) is 0 Å². The maximum Gasteiger partial charge on any atom is 0.256 e. The lowest BCUT2D eigenvalue weighted by Crippen LogP contribution is -2.57. The van der Waals surface area contributed by atoms with E-state index in [0.29, 0.717) is 31.6 Å². The fourth-order valence-corrected chi connectivity index (χ4v) is 4.21. The van der Waals surface area contributed by atoms with Gasteiger partial charge in [0.1, 0.15) is 12.1 Å². The summed E-state index contributed by atoms with van der Waals surface area (Å²) in [6.07, 6.45) is 1.44. The van der Waals surface area contributed by atoms with Gasteiger partial charge in [-0.3, -0.25) is 19.2 Å². The molecular weight excluding hydrogens is 430 g/mol. The van der Waals surface area contributed by atoms with E-state index in [1.807, 2.05) is 34.6 Å². The van der Waals surface area contributed by atoms with Crippen molar-refractivity contribution < 1.29 is 19.2 Å². The number of carbonyl (C=O) groups excluding carboxylic acids is 4. The van der Waals surface area contributed by atoms with Crippen LogP contribution < -0.4 is 16.4 Å². The third-order valence-electron chi connectivity index (χ3n) is 5.12. The van der Waals surface area contributed by atoms with Crippen molar-refractivity contribution >= 4 is 35.4 Å². The molecule has 0 spiro atoms. The SMILES string of the molecule is CCCC(=O)N(C)C(SCCN)C(=O)N(C)[C@@H](CC(C)C)C(=O)N[C@H](C(=O)NC)C(C)C. The van der Waals surface area contributed by atoms with Crippen molar-refractivity contribution in [3.63, 3.8) is 0 Å². The van der Waals surface area contributed by atoms with Gasteiger partial charge in [-0.15, -0.1) is 11.8 Å².